The van der Waals surface area contributed by atoms with E-state index in [2.05, 4.69) is 36.4 Å². The van der Waals surface area contributed by atoms with E-state index in [1.165, 1.54) is 16.3 Å². The zero-order valence-corrected chi connectivity index (χ0v) is 11.1. The molecule has 0 saturated heterocycles. The summed E-state index contributed by atoms with van der Waals surface area (Å²) < 4.78 is 16.5. The fraction of sp³-hybridized carbons (Fsp3) is 0.100. The van der Waals surface area contributed by atoms with Gasteiger partial charge < -0.3 is 0 Å². The Hall–Kier alpha value is -2.34. The number of hydrogen-bond donors (Lipinski definition) is 0. The Morgan fingerprint density at radius 2 is 1.50 bits per heavy atom. The fourth-order valence-electron chi connectivity index (χ4n) is 2.96. The molecule has 0 unspecified atom stereocenters. The summed E-state index contributed by atoms with van der Waals surface area (Å²) in [7, 11) is 0. The normalized spacial score (nSPS) is 17.9. The van der Waals surface area contributed by atoms with Gasteiger partial charge in [0.1, 0.15) is 0 Å². The Morgan fingerprint density at radius 1 is 0.750 bits per heavy atom. The lowest BCUT2D eigenvalue weighted by Gasteiger charge is -2.19. The summed E-state index contributed by atoms with van der Waals surface area (Å²) in [6.07, 6.45) is 1.18. The zero-order chi connectivity index (χ0) is 15.2. The molecule has 3 aromatic carbocycles. The largest absolute Gasteiger partial charge is 0.0757 e. The van der Waals surface area contributed by atoms with Gasteiger partial charge in [-0.15, -0.1) is 0 Å². The van der Waals surface area contributed by atoms with E-state index in [1.807, 2.05) is 36.4 Å². The van der Waals surface area contributed by atoms with Crippen molar-refractivity contribution in [3.05, 3.63) is 89.5 Å². The molecule has 0 aromatic heterocycles. The Labute approximate surface area is 122 Å². The highest BCUT2D eigenvalue weighted by Crippen LogP contribution is 2.35. The van der Waals surface area contributed by atoms with Crippen LogP contribution in [0.2, 0.25) is 0 Å². The molecule has 0 spiro atoms. The predicted molar refractivity (Wildman–Crippen MR) is 85.8 cm³/mol. The van der Waals surface area contributed by atoms with Crippen LogP contribution in [0.15, 0.2) is 72.8 Å². The summed E-state index contributed by atoms with van der Waals surface area (Å²) in [4.78, 5) is 0. The first kappa shape index (κ1) is 9.55. The monoisotopic (exact) mass is 258 g/mol. The second kappa shape index (κ2) is 4.64. The highest BCUT2D eigenvalue weighted by molar-refractivity contribution is 5.98. The minimum atomic E-state index is -1.29. The summed E-state index contributed by atoms with van der Waals surface area (Å²) in [5, 5.41) is 2.43. The Kier molecular flexibility index (Phi) is 2.22. The Bertz CT molecular complexity index is 886. The highest BCUT2D eigenvalue weighted by Gasteiger charge is 2.14. The van der Waals surface area contributed by atoms with Gasteiger partial charge in [-0.3, -0.25) is 0 Å². The third-order valence-electron chi connectivity index (χ3n) is 3.90. The molecular weight excluding hydrogens is 240 g/mol. The van der Waals surface area contributed by atoms with E-state index in [-0.39, 0.29) is 0 Å². The minimum Gasteiger partial charge on any atom is -0.0757 e. The second-order valence-corrected chi connectivity index (χ2v) is 5.07. The fourth-order valence-corrected chi connectivity index (χ4v) is 2.96. The number of allylic oxidation sites excluding steroid dienone is 1. The SMILES string of the molecule is [2H]C1([2H])CC=C(c2cccc3ccccc23)c2ccccc21. The van der Waals surface area contributed by atoms with Gasteiger partial charge in [0.2, 0.25) is 0 Å². The van der Waals surface area contributed by atoms with Crippen LogP contribution in [0.1, 0.15) is 25.9 Å². The smallest absolute Gasteiger partial charge is 0.0319 e. The average Bonchev–Trinajstić information content (AvgIpc) is 2.55. The lowest BCUT2D eigenvalue weighted by molar-refractivity contribution is 0.978. The maximum absolute atomic E-state index is 8.25. The van der Waals surface area contributed by atoms with Crippen LogP contribution in [0.3, 0.4) is 0 Å². The molecule has 0 amide bonds. The third kappa shape index (κ3) is 1.77. The summed E-state index contributed by atoms with van der Waals surface area (Å²) in [5.74, 6) is 0. The van der Waals surface area contributed by atoms with Crippen LogP contribution >= 0.6 is 0 Å². The maximum atomic E-state index is 8.25. The van der Waals surface area contributed by atoms with Crippen molar-refractivity contribution in [1.82, 2.24) is 0 Å². The van der Waals surface area contributed by atoms with Gasteiger partial charge in [0.05, 0.1) is 0 Å². The molecule has 0 N–H and O–H groups in total. The van der Waals surface area contributed by atoms with Gasteiger partial charge >= 0.3 is 0 Å². The third-order valence-corrected chi connectivity index (χ3v) is 3.90. The molecule has 96 valence electrons. The molecule has 20 heavy (non-hydrogen) atoms. The number of rotatable bonds is 1. The second-order valence-electron chi connectivity index (χ2n) is 5.07. The quantitative estimate of drug-likeness (QED) is 0.561. The minimum absolute atomic E-state index is 0.419. The number of aryl methyl sites for hydroxylation is 1. The van der Waals surface area contributed by atoms with Crippen molar-refractivity contribution >= 4 is 16.3 Å². The molecule has 0 saturated carbocycles. The standard InChI is InChI=1S/C20H16/c1-3-11-17-15(7-1)9-5-13-19(17)20-14-6-10-16-8-2-4-12-18(16)20/h1-5,7-9,11-14H,6,10H2/i10D2. The molecule has 0 heteroatoms. The molecule has 0 atom stereocenters. The van der Waals surface area contributed by atoms with Crippen LogP contribution in [-0.2, 0) is 6.37 Å². The van der Waals surface area contributed by atoms with Crippen molar-refractivity contribution in [2.24, 2.45) is 0 Å². The number of benzene rings is 3. The van der Waals surface area contributed by atoms with Crippen molar-refractivity contribution < 1.29 is 2.74 Å². The summed E-state index contributed by atoms with van der Waals surface area (Å²) in [6.45, 7) is 0. The molecule has 4 rings (SSSR count). The molecule has 0 heterocycles. The van der Waals surface area contributed by atoms with E-state index >= 15 is 0 Å². The first-order valence-electron chi connectivity index (χ1n) is 7.95. The van der Waals surface area contributed by atoms with Crippen molar-refractivity contribution in [1.29, 1.82) is 0 Å². The predicted octanol–water partition coefficient (Wildman–Crippen LogP) is 5.22. The summed E-state index contributed by atoms with van der Waals surface area (Å²) in [5.41, 5.74) is 4.12. The number of hydrogen-bond acceptors (Lipinski definition) is 0. The number of fused-ring (bicyclic) bond motifs is 2. The molecule has 3 aromatic rings. The van der Waals surface area contributed by atoms with Gasteiger partial charge in [0, 0.05) is 2.74 Å². The Morgan fingerprint density at radius 3 is 2.50 bits per heavy atom. The van der Waals surface area contributed by atoms with Crippen molar-refractivity contribution in [3.8, 4) is 0 Å². The van der Waals surface area contributed by atoms with Crippen LogP contribution in [-0.4, -0.2) is 0 Å². The van der Waals surface area contributed by atoms with Gasteiger partial charge in [-0.25, -0.2) is 0 Å². The van der Waals surface area contributed by atoms with Crippen LogP contribution < -0.4 is 0 Å². The van der Waals surface area contributed by atoms with Crippen molar-refractivity contribution in [3.63, 3.8) is 0 Å². The molecule has 1 aliphatic rings. The van der Waals surface area contributed by atoms with Crippen molar-refractivity contribution in [2.45, 2.75) is 12.8 Å². The van der Waals surface area contributed by atoms with Crippen LogP contribution in [0, 0.1) is 0 Å². The van der Waals surface area contributed by atoms with E-state index in [0.29, 0.717) is 6.42 Å². The van der Waals surface area contributed by atoms with E-state index in [4.69, 9.17) is 2.74 Å². The zero-order valence-electron chi connectivity index (χ0n) is 13.1. The first-order valence-corrected chi connectivity index (χ1v) is 6.95. The average molecular weight is 258 g/mol. The first-order chi connectivity index (χ1) is 10.7. The van der Waals surface area contributed by atoms with Crippen LogP contribution in [0.25, 0.3) is 16.3 Å². The van der Waals surface area contributed by atoms with E-state index in [9.17, 15) is 0 Å². The lowest BCUT2D eigenvalue weighted by Crippen LogP contribution is -2.01. The van der Waals surface area contributed by atoms with Crippen LogP contribution in [0.5, 0.6) is 0 Å². The summed E-state index contributed by atoms with van der Waals surface area (Å²) >= 11 is 0. The maximum Gasteiger partial charge on any atom is 0.0319 e. The molecule has 0 radical (unpaired) electrons. The van der Waals surface area contributed by atoms with Gasteiger partial charge in [0.25, 0.3) is 0 Å². The lowest BCUT2D eigenvalue weighted by atomic mass is 9.85. The topological polar surface area (TPSA) is 0 Å². The molecule has 0 nitrogen and oxygen atoms in total. The van der Waals surface area contributed by atoms with E-state index in [0.717, 1.165) is 16.7 Å². The molecular formula is C20H16. The van der Waals surface area contributed by atoms with Gasteiger partial charge in [-0.2, -0.15) is 0 Å². The van der Waals surface area contributed by atoms with Gasteiger partial charge in [-0.05, 0) is 45.8 Å². The molecule has 1 aliphatic carbocycles. The van der Waals surface area contributed by atoms with Gasteiger partial charge in [-0.1, -0.05) is 72.8 Å². The van der Waals surface area contributed by atoms with E-state index < -0.39 is 6.37 Å². The van der Waals surface area contributed by atoms with Gasteiger partial charge in [0.15, 0.2) is 0 Å². The van der Waals surface area contributed by atoms with Crippen molar-refractivity contribution in [2.75, 3.05) is 0 Å². The van der Waals surface area contributed by atoms with E-state index in [1.54, 1.807) is 0 Å². The Balaban J connectivity index is 1.99. The molecule has 0 bridgehead atoms. The van der Waals surface area contributed by atoms with Crippen LogP contribution in [0.4, 0.5) is 0 Å². The molecule has 0 aliphatic heterocycles. The highest BCUT2D eigenvalue weighted by atomic mass is 14.2. The molecule has 0 fully saturated rings. The summed E-state index contributed by atoms with van der Waals surface area (Å²) in [6, 6.07) is 22.5.